The van der Waals surface area contributed by atoms with E-state index < -0.39 is 0 Å². The monoisotopic (exact) mass is 245 g/mol. The fourth-order valence-corrected chi connectivity index (χ4v) is 2.07. The highest BCUT2D eigenvalue weighted by Gasteiger charge is 2.13. The molecule has 0 saturated heterocycles. The average molecular weight is 245 g/mol. The fourth-order valence-electron chi connectivity index (χ4n) is 2.07. The van der Waals surface area contributed by atoms with Crippen molar-refractivity contribution in [2.24, 2.45) is 0 Å². The van der Waals surface area contributed by atoms with Crippen LogP contribution in [-0.2, 0) is 0 Å². The van der Waals surface area contributed by atoms with Crippen molar-refractivity contribution in [1.29, 1.82) is 5.26 Å². The van der Waals surface area contributed by atoms with Crippen LogP contribution < -0.4 is 10.6 Å². The molecular weight excluding hydrogens is 222 g/mol. The van der Waals surface area contributed by atoms with Gasteiger partial charge in [-0.25, -0.2) is 0 Å². The number of nitrogens with zero attached hydrogens (tertiary/aromatic N) is 2. The Morgan fingerprint density at radius 3 is 2.56 bits per heavy atom. The van der Waals surface area contributed by atoms with Crippen LogP contribution >= 0.6 is 0 Å². The number of unbranched alkanes of at least 4 members (excludes halogenated alkanes) is 2. The summed E-state index contributed by atoms with van der Waals surface area (Å²) in [5.41, 5.74) is 8.40. The molecule has 18 heavy (non-hydrogen) atoms. The topological polar surface area (TPSA) is 53.0 Å². The number of rotatable bonds is 6. The van der Waals surface area contributed by atoms with Gasteiger partial charge in [0.2, 0.25) is 0 Å². The summed E-state index contributed by atoms with van der Waals surface area (Å²) in [7, 11) is 0. The minimum absolute atomic E-state index is 0.414. The first-order valence-electron chi connectivity index (χ1n) is 6.66. The van der Waals surface area contributed by atoms with Crippen LogP contribution in [0.15, 0.2) is 18.2 Å². The number of nitrogens with two attached hydrogens (primary N) is 1. The van der Waals surface area contributed by atoms with Crippen LogP contribution in [0.4, 0.5) is 11.4 Å². The molecule has 1 aromatic carbocycles. The molecule has 0 aliphatic carbocycles. The van der Waals surface area contributed by atoms with Crippen LogP contribution in [0.3, 0.4) is 0 Å². The highest BCUT2D eigenvalue weighted by Crippen LogP contribution is 2.26. The van der Waals surface area contributed by atoms with E-state index in [-0.39, 0.29) is 0 Å². The molecule has 3 nitrogen and oxygen atoms in total. The fraction of sp³-hybridized carbons (Fsp3) is 0.533. The van der Waals surface area contributed by atoms with E-state index in [9.17, 15) is 0 Å². The predicted octanol–water partition coefficient (Wildman–Crippen LogP) is 3.55. The second-order valence-electron chi connectivity index (χ2n) is 4.88. The van der Waals surface area contributed by atoms with Gasteiger partial charge < -0.3 is 10.6 Å². The van der Waals surface area contributed by atoms with Crippen molar-refractivity contribution < 1.29 is 0 Å². The predicted molar refractivity (Wildman–Crippen MR) is 77.6 cm³/mol. The summed E-state index contributed by atoms with van der Waals surface area (Å²) in [6.45, 7) is 7.56. The quantitative estimate of drug-likeness (QED) is 0.616. The van der Waals surface area contributed by atoms with Gasteiger partial charge in [-0.15, -0.1) is 0 Å². The van der Waals surface area contributed by atoms with Crippen LogP contribution in [0.5, 0.6) is 0 Å². The molecular formula is C15H23N3. The molecule has 0 unspecified atom stereocenters. The van der Waals surface area contributed by atoms with Gasteiger partial charge in [0.1, 0.15) is 0 Å². The maximum Gasteiger partial charge on any atom is 0.0992 e. The molecule has 0 bridgehead atoms. The number of hydrogen-bond acceptors (Lipinski definition) is 3. The van der Waals surface area contributed by atoms with Gasteiger partial charge >= 0.3 is 0 Å². The Bertz CT molecular complexity index is 418. The first kappa shape index (κ1) is 14.4. The molecule has 1 rings (SSSR count). The van der Waals surface area contributed by atoms with Gasteiger partial charge in [0.05, 0.1) is 23.0 Å². The number of benzene rings is 1. The van der Waals surface area contributed by atoms with Gasteiger partial charge in [0.25, 0.3) is 0 Å². The first-order chi connectivity index (χ1) is 8.60. The summed E-state index contributed by atoms with van der Waals surface area (Å²) in [4.78, 5) is 2.31. The molecule has 0 amide bonds. The van der Waals surface area contributed by atoms with Gasteiger partial charge in [-0.05, 0) is 38.5 Å². The largest absolute Gasteiger partial charge is 0.397 e. The zero-order valence-electron chi connectivity index (χ0n) is 11.6. The Morgan fingerprint density at radius 1 is 1.33 bits per heavy atom. The molecule has 0 aliphatic rings. The summed E-state index contributed by atoms with van der Waals surface area (Å²) in [5.74, 6) is 0. The number of nitriles is 1. The Labute approximate surface area is 110 Å². The van der Waals surface area contributed by atoms with E-state index in [1.54, 1.807) is 6.07 Å². The van der Waals surface area contributed by atoms with E-state index in [1.165, 1.54) is 19.3 Å². The van der Waals surface area contributed by atoms with Crippen LogP contribution in [0.2, 0.25) is 0 Å². The number of nitrogen functional groups attached to an aromatic ring is 1. The van der Waals surface area contributed by atoms with Gasteiger partial charge in [0.15, 0.2) is 0 Å². The molecule has 0 aromatic heterocycles. The van der Waals surface area contributed by atoms with Crippen molar-refractivity contribution in [2.45, 2.75) is 46.1 Å². The zero-order valence-corrected chi connectivity index (χ0v) is 11.6. The Hall–Kier alpha value is -1.69. The van der Waals surface area contributed by atoms with Gasteiger partial charge in [-0.3, -0.25) is 0 Å². The van der Waals surface area contributed by atoms with Gasteiger partial charge in [-0.2, -0.15) is 5.26 Å². The van der Waals surface area contributed by atoms with Crippen molar-refractivity contribution in [2.75, 3.05) is 17.2 Å². The second-order valence-corrected chi connectivity index (χ2v) is 4.88. The molecule has 0 aliphatic heterocycles. The molecule has 0 radical (unpaired) electrons. The van der Waals surface area contributed by atoms with Crippen molar-refractivity contribution in [3.05, 3.63) is 23.8 Å². The van der Waals surface area contributed by atoms with Gasteiger partial charge in [-0.1, -0.05) is 19.8 Å². The second kappa shape index (κ2) is 6.90. The molecule has 0 spiro atoms. The van der Waals surface area contributed by atoms with E-state index >= 15 is 0 Å². The van der Waals surface area contributed by atoms with Crippen LogP contribution in [-0.4, -0.2) is 12.6 Å². The highest BCUT2D eigenvalue weighted by molar-refractivity contribution is 5.69. The van der Waals surface area contributed by atoms with Crippen molar-refractivity contribution in [1.82, 2.24) is 0 Å². The minimum atomic E-state index is 0.414. The summed E-state index contributed by atoms with van der Waals surface area (Å²) >= 11 is 0. The number of hydrogen-bond donors (Lipinski definition) is 1. The third-order valence-corrected chi connectivity index (χ3v) is 3.09. The standard InChI is InChI=1S/C15H23N3/c1-4-5-6-9-18(12(2)3)15-8-7-13(11-16)10-14(15)17/h7-8,10,12H,4-6,9,17H2,1-3H3. The van der Waals surface area contributed by atoms with E-state index in [0.29, 0.717) is 17.3 Å². The third kappa shape index (κ3) is 3.66. The van der Waals surface area contributed by atoms with Gasteiger partial charge in [0, 0.05) is 12.6 Å². The smallest absolute Gasteiger partial charge is 0.0992 e. The average Bonchev–Trinajstić information content (AvgIpc) is 2.35. The Balaban J connectivity index is 2.89. The minimum Gasteiger partial charge on any atom is -0.397 e. The molecule has 0 saturated carbocycles. The Kier molecular flexibility index (Phi) is 5.51. The van der Waals surface area contributed by atoms with E-state index in [2.05, 4.69) is 31.7 Å². The molecule has 0 atom stereocenters. The lowest BCUT2D eigenvalue weighted by molar-refractivity contribution is 0.626. The van der Waals surface area contributed by atoms with E-state index in [1.807, 2.05) is 12.1 Å². The van der Waals surface area contributed by atoms with Crippen LogP contribution in [0.1, 0.15) is 45.6 Å². The SMILES string of the molecule is CCCCCN(c1ccc(C#N)cc1N)C(C)C. The van der Waals surface area contributed by atoms with Crippen LogP contribution in [0.25, 0.3) is 0 Å². The maximum absolute atomic E-state index is 8.85. The summed E-state index contributed by atoms with van der Waals surface area (Å²) in [6.07, 6.45) is 3.63. The Morgan fingerprint density at radius 2 is 2.06 bits per heavy atom. The first-order valence-corrected chi connectivity index (χ1v) is 6.66. The summed E-state index contributed by atoms with van der Waals surface area (Å²) in [6, 6.07) is 8.08. The molecule has 3 heteroatoms. The third-order valence-electron chi connectivity index (χ3n) is 3.09. The number of anilines is 2. The van der Waals surface area contributed by atoms with Crippen molar-refractivity contribution >= 4 is 11.4 Å². The molecule has 1 aromatic rings. The molecule has 98 valence electrons. The summed E-state index contributed by atoms with van der Waals surface area (Å²) in [5, 5.41) is 8.85. The zero-order chi connectivity index (χ0) is 13.5. The lowest BCUT2D eigenvalue weighted by atomic mass is 10.1. The maximum atomic E-state index is 8.85. The lowest BCUT2D eigenvalue weighted by Crippen LogP contribution is -2.32. The normalized spacial score (nSPS) is 10.4. The highest BCUT2D eigenvalue weighted by atomic mass is 15.2. The van der Waals surface area contributed by atoms with E-state index in [0.717, 1.165) is 12.2 Å². The van der Waals surface area contributed by atoms with E-state index in [4.69, 9.17) is 11.0 Å². The molecule has 2 N–H and O–H groups in total. The molecule has 0 heterocycles. The van der Waals surface area contributed by atoms with Crippen molar-refractivity contribution in [3.63, 3.8) is 0 Å². The molecule has 0 fully saturated rings. The lowest BCUT2D eigenvalue weighted by Gasteiger charge is -2.30. The van der Waals surface area contributed by atoms with Crippen molar-refractivity contribution in [3.8, 4) is 6.07 Å². The summed E-state index contributed by atoms with van der Waals surface area (Å²) < 4.78 is 0. The van der Waals surface area contributed by atoms with Crippen LogP contribution in [0, 0.1) is 11.3 Å².